The maximum absolute atomic E-state index is 13.1. The van der Waals surface area contributed by atoms with Gasteiger partial charge in [0, 0.05) is 32.0 Å². The Morgan fingerprint density at radius 3 is 2.80 bits per heavy atom. The van der Waals surface area contributed by atoms with Crippen molar-refractivity contribution in [3.63, 3.8) is 0 Å². The average Bonchev–Trinajstić information content (AvgIpc) is 3.01. The van der Waals surface area contributed by atoms with Crippen LogP contribution in [0, 0.1) is 0 Å². The molecule has 0 radical (unpaired) electrons. The number of aryl methyl sites for hydroxylation is 1. The third kappa shape index (κ3) is 4.52. The van der Waals surface area contributed by atoms with Gasteiger partial charge in [-0.2, -0.15) is 0 Å². The SMILES string of the molecule is CC(Oc1cccc(C(C)C)c1)C(=O)N1CCCC(c2nnc3n2CCCCC3)C1. The molecule has 1 aromatic heterocycles. The van der Waals surface area contributed by atoms with E-state index in [1.807, 2.05) is 30.0 Å². The van der Waals surface area contributed by atoms with Crippen LogP contribution in [-0.2, 0) is 17.8 Å². The standard InChI is InChI=1S/C24H34N4O2/c1-17(2)19-9-7-11-21(15-19)30-18(3)24(29)27-13-8-10-20(16-27)23-26-25-22-12-5-4-6-14-28(22)23/h7,9,11,15,17-18,20H,4-6,8,10,12-14,16H2,1-3H3. The lowest BCUT2D eigenvalue weighted by atomic mass is 9.96. The Bertz CT molecular complexity index is 876. The first kappa shape index (κ1) is 20.9. The molecule has 0 aliphatic carbocycles. The van der Waals surface area contributed by atoms with Crippen molar-refractivity contribution in [2.24, 2.45) is 0 Å². The van der Waals surface area contributed by atoms with E-state index >= 15 is 0 Å². The van der Waals surface area contributed by atoms with E-state index in [1.165, 1.54) is 24.8 Å². The van der Waals surface area contributed by atoms with Gasteiger partial charge >= 0.3 is 0 Å². The molecule has 2 aromatic rings. The monoisotopic (exact) mass is 410 g/mol. The van der Waals surface area contributed by atoms with Crippen LogP contribution in [0.15, 0.2) is 24.3 Å². The number of rotatable bonds is 5. The van der Waals surface area contributed by atoms with Gasteiger partial charge in [0.15, 0.2) is 6.10 Å². The summed E-state index contributed by atoms with van der Waals surface area (Å²) in [5.74, 6) is 3.71. The van der Waals surface area contributed by atoms with E-state index in [0.717, 1.165) is 49.8 Å². The van der Waals surface area contributed by atoms with Gasteiger partial charge in [-0.25, -0.2) is 0 Å². The number of benzene rings is 1. The largest absolute Gasteiger partial charge is 0.481 e. The molecule has 0 saturated carbocycles. The first-order valence-corrected chi connectivity index (χ1v) is 11.5. The maximum Gasteiger partial charge on any atom is 0.263 e. The lowest BCUT2D eigenvalue weighted by Gasteiger charge is -2.34. The highest BCUT2D eigenvalue weighted by atomic mass is 16.5. The van der Waals surface area contributed by atoms with Crippen molar-refractivity contribution in [3.05, 3.63) is 41.5 Å². The van der Waals surface area contributed by atoms with E-state index in [9.17, 15) is 4.79 Å². The van der Waals surface area contributed by atoms with Crippen LogP contribution in [-0.4, -0.2) is 44.8 Å². The van der Waals surface area contributed by atoms with E-state index in [4.69, 9.17) is 4.74 Å². The second-order valence-corrected chi connectivity index (χ2v) is 9.05. The van der Waals surface area contributed by atoms with Crippen LogP contribution in [0.1, 0.15) is 81.9 Å². The van der Waals surface area contributed by atoms with Crippen LogP contribution in [0.3, 0.4) is 0 Å². The Morgan fingerprint density at radius 2 is 1.97 bits per heavy atom. The quantitative estimate of drug-likeness (QED) is 0.737. The number of hydrogen-bond donors (Lipinski definition) is 0. The predicted octanol–water partition coefficient (Wildman–Crippen LogP) is 4.30. The van der Waals surface area contributed by atoms with Crippen LogP contribution in [0.2, 0.25) is 0 Å². The summed E-state index contributed by atoms with van der Waals surface area (Å²) in [6.45, 7) is 8.68. The minimum atomic E-state index is -0.498. The summed E-state index contributed by atoms with van der Waals surface area (Å²) in [4.78, 5) is 15.1. The van der Waals surface area contributed by atoms with Crippen molar-refractivity contribution >= 4 is 5.91 Å². The molecule has 1 amide bonds. The number of carbonyl (C=O) groups excluding carboxylic acids is 1. The fraction of sp³-hybridized carbons (Fsp3) is 0.625. The van der Waals surface area contributed by atoms with Crippen LogP contribution in [0.4, 0.5) is 0 Å². The summed E-state index contributed by atoms with van der Waals surface area (Å²) in [5, 5.41) is 9.00. The van der Waals surface area contributed by atoms with E-state index in [1.54, 1.807) is 0 Å². The van der Waals surface area contributed by atoms with Gasteiger partial charge in [-0.15, -0.1) is 10.2 Å². The summed E-state index contributed by atoms with van der Waals surface area (Å²) in [6.07, 6.45) is 6.21. The van der Waals surface area contributed by atoms with Crippen molar-refractivity contribution in [1.82, 2.24) is 19.7 Å². The van der Waals surface area contributed by atoms with E-state index < -0.39 is 6.10 Å². The smallest absolute Gasteiger partial charge is 0.263 e. The van der Waals surface area contributed by atoms with E-state index in [-0.39, 0.29) is 11.8 Å². The van der Waals surface area contributed by atoms with Gasteiger partial charge in [0.25, 0.3) is 5.91 Å². The number of amides is 1. The van der Waals surface area contributed by atoms with Crippen LogP contribution < -0.4 is 4.74 Å². The van der Waals surface area contributed by atoms with Gasteiger partial charge in [0.05, 0.1) is 0 Å². The Kier molecular flexibility index (Phi) is 6.40. The molecule has 4 rings (SSSR count). The number of likely N-dealkylation sites (tertiary alicyclic amines) is 1. The molecule has 2 aliphatic heterocycles. The van der Waals surface area contributed by atoms with Gasteiger partial charge in [-0.3, -0.25) is 4.79 Å². The van der Waals surface area contributed by atoms with Crippen molar-refractivity contribution < 1.29 is 9.53 Å². The summed E-state index contributed by atoms with van der Waals surface area (Å²) >= 11 is 0. The number of carbonyl (C=O) groups is 1. The number of nitrogens with zero attached hydrogens (tertiary/aromatic N) is 4. The van der Waals surface area contributed by atoms with Crippen molar-refractivity contribution in [1.29, 1.82) is 0 Å². The zero-order valence-corrected chi connectivity index (χ0v) is 18.5. The maximum atomic E-state index is 13.1. The molecule has 0 spiro atoms. The van der Waals surface area contributed by atoms with Gasteiger partial charge in [-0.05, 0) is 56.2 Å². The van der Waals surface area contributed by atoms with Gasteiger partial charge < -0.3 is 14.2 Å². The zero-order valence-electron chi connectivity index (χ0n) is 18.5. The van der Waals surface area contributed by atoms with Crippen LogP contribution in [0.5, 0.6) is 5.75 Å². The molecular formula is C24H34N4O2. The first-order chi connectivity index (χ1) is 14.5. The van der Waals surface area contributed by atoms with Gasteiger partial charge in [-0.1, -0.05) is 32.4 Å². The predicted molar refractivity (Wildman–Crippen MR) is 117 cm³/mol. The van der Waals surface area contributed by atoms with Gasteiger partial charge in [0.1, 0.15) is 17.4 Å². The Hall–Kier alpha value is -2.37. The molecule has 2 unspecified atom stereocenters. The minimum Gasteiger partial charge on any atom is -0.481 e. The number of fused-ring (bicyclic) bond motifs is 1. The van der Waals surface area contributed by atoms with Crippen molar-refractivity contribution in [2.45, 2.75) is 83.8 Å². The lowest BCUT2D eigenvalue weighted by molar-refractivity contribution is -0.139. The summed E-state index contributed by atoms with van der Waals surface area (Å²) < 4.78 is 8.35. The van der Waals surface area contributed by atoms with E-state index in [2.05, 4.69) is 34.7 Å². The normalized spacial score (nSPS) is 20.5. The first-order valence-electron chi connectivity index (χ1n) is 11.5. The highest BCUT2D eigenvalue weighted by molar-refractivity contribution is 5.81. The van der Waals surface area contributed by atoms with E-state index in [0.29, 0.717) is 12.5 Å². The lowest BCUT2D eigenvalue weighted by Crippen LogP contribution is -2.45. The molecule has 0 bridgehead atoms. The molecule has 6 heteroatoms. The molecule has 1 fully saturated rings. The summed E-state index contributed by atoms with van der Waals surface area (Å²) in [7, 11) is 0. The Morgan fingerprint density at radius 1 is 1.10 bits per heavy atom. The summed E-state index contributed by atoms with van der Waals surface area (Å²) in [6, 6.07) is 8.07. The number of aromatic nitrogens is 3. The second-order valence-electron chi connectivity index (χ2n) is 9.05. The molecule has 162 valence electrons. The Balaban J connectivity index is 1.42. The minimum absolute atomic E-state index is 0.0604. The fourth-order valence-electron chi connectivity index (χ4n) is 4.66. The molecule has 2 aliphatic rings. The van der Waals surface area contributed by atoms with Crippen LogP contribution in [0.25, 0.3) is 0 Å². The van der Waals surface area contributed by atoms with Crippen molar-refractivity contribution in [2.75, 3.05) is 13.1 Å². The third-order valence-electron chi connectivity index (χ3n) is 6.42. The molecule has 1 saturated heterocycles. The number of ether oxygens (including phenoxy) is 1. The molecule has 3 heterocycles. The number of piperidine rings is 1. The molecule has 2 atom stereocenters. The zero-order chi connectivity index (χ0) is 21.1. The molecule has 1 aromatic carbocycles. The highest BCUT2D eigenvalue weighted by Gasteiger charge is 2.31. The molecule has 6 nitrogen and oxygen atoms in total. The molecular weight excluding hydrogens is 376 g/mol. The fourth-order valence-corrected chi connectivity index (χ4v) is 4.66. The average molecular weight is 411 g/mol. The summed E-state index contributed by atoms with van der Waals surface area (Å²) in [5.41, 5.74) is 1.22. The highest BCUT2D eigenvalue weighted by Crippen LogP contribution is 2.29. The van der Waals surface area contributed by atoms with Crippen LogP contribution >= 0.6 is 0 Å². The molecule has 0 N–H and O–H groups in total. The second kappa shape index (κ2) is 9.19. The third-order valence-corrected chi connectivity index (χ3v) is 6.42. The molecule has 30 heavy (non-hydrogen) atoms. The van der Waals surface area contributed by atoms with Crippen molar-refractivity contribution in [3.8, 4) is 5.75 Å². The number of hydrogen-bond acceptors (Lipinski definition) is 4. The topological polar surface area (TPSA) is 60.2 Å². The Labute approximate surface area is 179 Å². The van der Waals surface area contributed by atoms with Gasteiger partial charge in [0.2, 0.25) is 0 Å².